The number of aryl methyl sites for hydroxylation is 1. The minimum atomic E-state index is 0.979. The fraction of sp³-hybridized carbons (Fsp3) is 0.625. The van der Waals surface area contributed by atoms with Gasteiger partial charge >= 0.3 is 0 Å². The van der Waals surface area contributed by atoms with Crippen LogP contribution >= 0.6 is 0 Å². The molecule has 3 nitrogen and oxygen atoms in total. The van der Waals surface area contributed by atoms with E-state index in [-0.39, 0.29) is 0 Å². The van der Waals surface area contributed by atoms with Crippen molar-refractivity contribution in [2.75, 3.05) is 6.54 Å². The molecule has 1 aliphatic heterocycles. The summed E-state index contributed by atoms with van der Waals surface area (Å²) >= 11 is 0. The Kier molecular flexibility index (Phi) is 1.46. The lowest BCUT2D eigenvalue weighted by molar-refractivity contribution is 0.605. The lowest BCUT2D eigenvalue weighted by Crippen LogP contribution is -2.24. The maximum absolute atomic E-state index is 4.47. The molecule has 11 heavy (non-hydrogen) atoms. The summed E-state index contributed by atoms with van der Waals surface area (Å²) in [5.41, 5.74) is 2.64. The van der Waals surface area contributed by atoms with Gasteiger partial charge in [0, 0.05) is 26.6 Å². The highest BCUT2D eigenvalue weighted by Crippen LogP contribution is 2.12. The largest absolute Gasteiger partial charge is 0.334 e. The molecule has 0 radical (unpaired) electrons. The number of hydrogen-bond donors (Lipinski definition) is 1. The highest BCUT2D eigenvalue weighted by Gasteiger charge is 2.14. The third kappa shape index (κ3) is 0.959. The van der Waals surface area contributed by atoms with Crippen LogP contribution in [0.1, 0.15) is 17.2 Å². The summed E-state index contributed by atoms with van der Waals surface area (Å²) in [5.74, 6) is 1.12. The number of aromatic nitrogens is 2. The second-order valence-corrected chi connectivity index (χ2v) is 3.04. The molecule has 60 valence electrons. The van der Waals surface area contributed by atoms with Crippen LogP contribution in [-0.2, 0) is 20.0 Å². The van der Waals surface area contributed by atoms with E-state index in [1.54, 1.807) is 0 Å². The first-order chi connectivity index (χ1) is 5.29. The summed E-state index contributed by atoms with van der Waals surface area (Å²) in [7, 11) is 2.08. The van der Waals surface area contributed by atoms with E-state index >= 15 is 0 Å². The van der Waals surface area contributed by atoms with Crippen LogP contribution in [0.4, 0.5) is 0 Å². The van der Waals surface area contributed by atoms with Crippen molar-refractivity contribution in [2.24, 2.45) is 7.05 Å². The van der Waals surface area contributed by atoms with Gasteiger partial charge in [0.2, 0.25) is 0 Å². The normalized spacial score (nSPS) is 16.5. The predicted molar refractivity (Wildman–Crippen MR) is 43.4 cm³/mol. The van der Waals surface area contributed by atoms with E-state index in [1.807, 2.05) is 0 Å². The molecule has 0 bridgehead atoms. The number of hydrogen-bond acceptors (Lipinski definition) is 2. The van der Waals surface area contributed by atoms with Gasteiger partial charge in [-0.15, -0.1) is 0 Å². The second-order valence-electron chi connectivity index (χ2n) is 3.04. The summed E-state index contributed by atoms with van der Waals surface area (Å²) in [6.07, 6.45) is 1.08. The molecular weight excluding hydrogens is 138 g/mol. The SMILES string of the molecule is Cc1nc2c(n1C)CNCC2. The molecule has 0 atom stereocenters. The van der Waals surface area contributed by atoms with E-state index in [4.69, 9.17) is 0 Å². The summed E-state index contributed by atoms with van der Waals surface area (Å²) in [4.78, 5) is 4.47. The molecule has 0 saturated carbocycles. The van der Waals surface area contributed by atoms with Crippen LogP contribution in [0.15, 0.2) is 0 Å². The maximum atomic E-state index is 4.47. The highest BCUT2D eigenvalue weighted by atomic mass is 15.1. The number of nitrogens with zero attached hydrogens (tertiary/aromatic N) is 2. The number of nitrogens with one attached hydrogen (secondary N) is 1. The van der Waals surface area contributed by atoms with Crippen molar-refractivity contribution >= 4 is 0 Å². The molecule has 0 spiro atoms. The van der Waals surface area contributed by atoms with Crippen LogP contribution in [-0.4, -0.2) is 16.1 Å². The molecule has 3 heteroatoms. The van der Waals surface area contributed by atoms with E-state index < -0.39 is 0 Å². The zero-order valence-electron chi connectivity index (χ0n) is 7.02. The summed E-state index contributed by atoms with van der Waals surface area (Å²) in [5, 5.41) is 3.33. The highest BCUT2D eigenvalue weighted by molar-refractivity contribution is 5.19. The lowest BCUT2D eigenvalue weighted by Gasteiger charge is -2.12. The standard InChI is InChI=1S/C8H13N3/c1-6-10-7-3-4-9-5-8(7)11(6)2/h9H,3-5H2,1-2H3. The number of fused-ring (bicyclic) bond motifs is 1. The topological polar surface area (TPSA) is 29.9 Å². The first-order valence-corrected chi connectivity index (χ1v) is 4.01. The van der Waals surface area contributed by atoms with Crippen molar-refractivity contribution in [1.29, 1.82) is 0 Å². The molecule has 0 aliphatic carbocycles. The second kappa shape index (κ2) is 2.34. The quantitative estimate of drug-likeness (QED) is 0.580. The van der Waals surface area contributed by atoms with Gasteiger partial charge in [0.1, 0.15) is 5.82 Å². The van der Waals surface area contributed by atoms with E-state index in [2.05, 4.69) is 28.8 Å². The van der Waals surface area contributed by atoms with Crippen LogP contribution in [0.2, 0.25) is 0 Å². The van der Waals surface area contributed by atoms with Gasteiger partial charge in [-0.3, -0.25) is 0 Å². The van der Waals surface area contributed by atoms with E-state index in [0.717, 1.165) is 25.3 Å². The lowest BCUT2D eigenvalue weighted by atomic mass is 10.2. The molecule has 0 aromatic carbocycles. The zero-order chi connectivity index (χ0) is 7.84. The predicted octanol–water partition coefficient (Wildman–Crippen LogP) is 0.374. The van der Waals surface area contributed by atoms with Crippen molar-refractivity contribution in [3.8, 4) is 0 Å². The molecule has 0 amide bonds. The molecule has 0 saturated heterocycles. The van der Waals surface area contributed by atoms with E-state index in [9.17, 15) is 0 Å². The number of imidazole rings is 1. The Balaban J connectivity index is 2.50. The van der Waals surface area contributed by atoms with Crippen molar-refractivity contribution in [1.82, 2.24) is 14.9 Å². The van der Waals surface area contributed by atoms with Crippen molar-refractivity contribution in [3.05, 3.63) is 17.2 Å². The van der Waals surface area contributed by atoms with Crippen LogP contribution in [0, 0.1) is 6.92 Å². The van der Waals surface area contributed by atoms with Gasteiger partial charge in [-0.1, -0.05) is 0 Å². The minimum Gasteiger partial charge on any atom is -0.334 e. The minimum absolute atomic E-state index is 0.979. The molecule has 1 aromatic rings. The van der Waals surface area contributed by atoms with Crippen LogP contribution < -0.4 is 5.32 Å². The monoisotopic (exact) mass is 151 g/mol. The van der Waals surface area contributed by atoms with E-state index in [1.165, 1.54) is 11.4 Å². The summed E-state index contributed by atoms with van der Waals surface area (Å²) in [6.45, 7) is 4.11. The molecule has 1 N–H and O–H groups in total. The van der Waals surface area contributed by atoms with Gasteiger partial charge in [-0.2, -0.15) is 0 Å². The molecule has 0 fully saturated rings. The van der Waals surface area contributed by atoms with Crippen molar-refractivity contribution in [2.45, 2.75) is 19.9 Å². The van der Waals surface area contributed by atoms with Gasteiger partial charge in [0.25, 0.3) is 0 Å². The fourth-order valence-electron chi connectivity index (χ4n) is 1.56. The molecule has 1 aliphatic rings. The first-order valence-electron chi connectivity index (χ1n) is 4.01. The molecule has 0 unspecified atom stereocenters. The summed E-state index contributed by atoms with van der Waals surface area (Å²) < 4.78 is 2.17. The Morgan fingerprint density at radius 2 is 2.36 bits per heavy atom. The van der Waals surface area contributed by atoms with Gasteiger partial charge < -0.3 is 9.88 Å². The molecule has 2 heterocycles. The molecule has 1 aromatic heterocycles. The molecular formula is C8H13N3. The molecule has 2 rings (SSSR count). The van der Waals surface area contributed by atoms with Crippen molar-refractivity contribution in [3.63, 3.8) is 0 Å². The van der Waals surface area contributed by atoms with Crippen LogP contribution in [0.5, 0.6) is 0 Å². The Morgan fingerprint density at radius 3 is 3.09 bits per heavy atom. The van der Waals surface area contributed by atoms with Crippen LogP contribution in [0.25, 0.3) is 0 Å². The Hall–Kier alpha value is -0.830. The Bertz CT molecular complexity index is 275. The average Bonchev–Trinajstić information content (AvgIpc) is 2.30. The number of rotatable bonds is 0. The maximum Gasteiger partial charge on any atom is 0.105 e. The average molecular weight is 151 g/mol. The fourth-order valence-corrected chi connectivity index (χ4v) is 1.56. The third-order valence-electron chi connectivity index (χ3n) is 2.35. The van der Waals surface area contributed by atoms with Crippen LogP contribution in [0.3, 0.4) is 0 Å². The van der Waals surface area contributed by atoms with Gasteiger partial charge in [-0.05, 0) is 6.92 Å². The van der Waals surface area contributed by atoms with E-state index in [0.29, 0.717) is 0 Å². The third-order valence-corrected chi connectivity index (χ3v) is 2.35. The Morgan fingerprint density at radius 1 is 1.55 bits per heavy atom. The zero-order valence-corrected chi connectivity index (χ0v) is 7.02. The first kappa shape index (κ1) is 6.85. The van der Waals surface area contributed by atoms with Gasteiger partial charge in [0.05, 0.1) is 11.4 Å². The Labute approximate surface area is 66.4 Å². The summed E-state index contributed by atoms with van der Waals surface area (Å²) in [6, 6.07) is 0. The van der Waals surface area contributed by atoms with Gasteiger partial charge in [0.15, 0.2) is 0 Å². The smallest absolute Gasteiger partial charge is 0.105 e. The van der Waals surface area contributed by atoms with Crippen molar-refractivity contribution < 1.29 is 0 Å². The van der Waals surface area contributed by atoms with Gasteiger partial charge in [-0.25, -0.2) is 4.98 Å².